The molecular formula is C18H17N3O7. The van der Waals surface area contributed by atoms with E-state index >= 15 is 0 Å². The Kier molecular flexibility index (Phi) is 6.27. The SMILES string of the molecule is COC(=O)c1cc(NC(=O)Nc2cc([N+](=O)[O-])ccc2C)cc(C(=O)OC)c1. The zero-order valence-electron chi connectivity index (χ0n) is 15.3. The molecule has 146 valence electrons. The molecule has 0 bridgehead atoms. The third-order valence-corrected chi connectivity index (χ3v) is 3.71. The Morgan fingerprint density at radius 1 is 0.929 bits per heavy atom. The number of carbonyl (C=O) groups excluding carboxylic acids is 3. The molecule has 10 nitrogen and oxygen atoms in total. The van der Waals surface area contributed by atoms with Crippen LogP contribution in [0.3, 0.4) is 0 Å². The summed E-state index contributed by atoms with van der Waals surface area (Å²) in [6.45, 7) is 1.67. The summed E-state index contributed by atoms with van der Waals surface area (Å²) in [5, 5.41) is 15.9. The number of benzene rings is 2. The van der Waals surface area contributed by atoms with Crippen LogP contribution in [0.15, 0.2) is 36.4 Å². The van der Waals surface area contributed by atoms with Gasteiger partial charge < -0.3 is 20.1 Å². The Balaban J connectivity index is 2.28. The Bertz CT molecular complexity index is 922. The van der Waals surface area contributed by atoms with Gasteiger partial charge >= 0.3 is 18.0 Å². The summed E-state index contributed by atoms with van der Waals surface area (Å²) in [7, 11) is 2.36. The summed E-state index contributed by atoms with van der Waals surface area (Å²) in [5.41, 5.74) is 0.869. The van der Waals surface area contributed by atoms with E-state index in [4.69, 9.17) is 0 Å². The molecule has 0 aliphatic rings. The van der Waals surface area contributed by atoms with Crippen LogP contribution in [0.1, 0.15) is 26.3 Å². The van der Waals surface area contributed by atoms with Gasteiger partial charge in [0, 0.05) is 17.8 Å². The minimum absolute atomic E-state index is 0.0345. The molecule has 0 heterocycles. The molecule has 0 fully saturated rings. The Morgan fingerprint density at radius 2 is 1.50 bits per heavy atom. The topological polar surface area (TPSA) is 137 Å². The molecule has 0 aliphatic carbocycles. The first-order valence-electron chi connectivity index (χ1n) is 7.90. The zero-order valence-corrected chi connectivity index (χ0v) is 15.3. The number of hydrogen-bond acceptors (Lipinski definition) is 7. The number of nitrogens with zero attached hydrogens (tertiary/aromatic N) is 1. The highest BCUT2D eigenvalue weighted by Crippen LogP contribution is 2.22. The van der Waals surface area contributed by atoms with E-state index in [1.165, 1.54) is 50.6 Å². The normalized spacial score (nSPS) is 9.96. The van der Waals surface area contributed by atoms with Gasteiger partial charge in [-0.15, -0.1) is 0 Å². The van der Waals surface area contributed by atoms with Gasteiger partial charge in [-0.1, -0.05) is 6.07 Å². The van der Waals surface area contributed by atoms with E-state index in [9.17, 15) is 24.5 Å². The van der Waals surface area contributed by atoms with Gasteiger partial charge in [-0.3, -0.25) is 10.1 Å². The molecule has 0 spiro atoms. The maximum absolute atomic E-state index is 12.3. The Hall–Kier alpha value is -3.95. The van der Waals surface area contributed by atoms with Gasteiger partial charge in [0.1, 0.15) is 0 Å². The zero-order chi connectivity index (χ0) is 20.8. The molecule has 10 heteroatoms. The molecule has 28 heavy (non-hydrogen) atoms. The van der Waals surface area contributed by atoms with Gasteiger partial charge in [-0.2, -0.15) is 0 Å². The summed E-state index contributed by atoms with van der Waals surface area (Å²) >= 11 is 0. The van der Waals surface area contributed by atoms with Crippen LogP contribution in [-0.2, 0) is 9.47 Å². The fraction of sp³-hybridized carbons (Fsp3) is 0.167. The van der Waals surface area contributed by atoms with Crippen molar-refractivity contribution in [3.05, 3.63) is 63.2 Å². The van der Waals surface area contributed by atoms with Crippen LogP contribution in [-0.4, -0.2) is 37.1 Å². The van der Waals surface area contributed by atoms with E-state index < -0.39 is 22.9 Å². The largest absolute Gasteiger partial charge is 0.465 e. The van der Waals surface area contributed by atoms with E-state index in [1.807, 2.05) is 0 Å². The van der Waals surface area contributed by atoms with Gasteiger partial charge in [0.15, 0.2) is 0 Å². The van der Waals surface area contributed by atoms with Crippen molar-refractivity contribution in [1.29, 1.82) is 0 Å². The number of amides is 2. The average molecular weight is 387 g/mol. The van der Waals surface area contributed by atoms with Crippen molar-refractivity contribution >= 4 is 35.0 Å². The number of anilines is 2. The lowest BCUT2D eigenvalue weighted by Crippen LogP contribution is -2.21. The number of aryl methyl sites for hydroxylation is 1. The summed E-state index contributed by atoms with van der Waals surface area (Å²) in [6, 6.07) is 7.23. The number of urea groups is 1. The van der Waals surface area contributed by atoms with Crippen molar-refractivity contribution in [1.82, 2.24) is 0 Å². The van der Waals surface area contributed by atoms with Crippen LogP contribution in [0.2, 0.25) is 0 Å². The molecule has 2 rings (SSSR count). The Morgan fingerprint density at radius 3 is 2.00 bits per heavy atom. The van der Waals surface area contributed by atoms with E-state index in [-0.39, 0.29) is 28.2 Å². The van der Waals surface area contributed by atoms with Gasteiger partial charge in [-0.25, -0.2) is 14.4 Å². The summed E-state index contributed by atoms with van der Waals surface area (Å²) < 4.78 is 9.26. The molecule has 0 aliphatic heterocycles. The molecule has 0 radical (unpaired) electrons. The predicted molar refractivity (Wildman–Crippen MR) is 99.6 cm³/mol. The molecular weight excluding hydrogens is 370 g/mol. The number of nitro benzene ring substituents is 1. The monoisotopic (exact) mass is 387 g/mol. The van der Waals surface area contributed by atoms with Crippen molar-refractivity contribution in [2.24, 2.45) is 0 Å². The summed E-state index contributed by atoms with van der Waals surface area (Å²) in [5.74, 6) is -1.41. The first-order chi connectivity index (χ1) is 13.2. The molecule has 2 aromatic carbocycles. The second-order valence-electron chi connectivity index (χ2n) is 5.62. The molecule has 2 amide bonds. The summed E-state index contributed by atoms with van der Waals surface area (Å²) in [4.78, 5) is 46.2. The van der Waals surface area contributed by atoms with Gasteiger partial charge in [0.2, 0.25) is 0 Å². The first-order valence-corrected chi connectivity index (χ1v) is 7.90. The lowest BCUT2D eigenvalue weighted by molar-refractivity contribution is -0.384. The third-order valence-electron chi connectivity index (χ3n) is 3.71. The molecule has 0 atom stereocenters. The number of esters is 2. The summed E-state index contributed by atoms with van der Waals surface area (Å²) in [6.07, 6.45) is 0. The van der Waals surface area contributed by atoms with Crippen LogP contribution in [0, 0.1) is 17.0 Å². The molecule has 2 N–H and O–H groups in total. The quantitative estimate of drug-likeness (QED) is 0.457. The van der Waals surface area contributed by atoms with E-state index in [2.05, 4.69) is 20.1 Å². The fourth-order valence-corrected chi connectivity index (χ4v) is 2.31. The van der Waals surface area contributed by atoms with Gasteiger partial charge in [0.05, 0.1) is 36.0 Å². The smallest absolute Gasteiger partial charge is 0.337 e. The number of methoxy groups -OCH3 is 2. The molecule has 0 unspecified atom stereocenters. The molecule has 0 saturated carbocycles. The number of nitro groups is 1. The van der Waals surface area contributed by atoms with Crippen molar-refractivity contribution in [2.45, 2.75) is 6.92 Å². The molecule has 2 aromatic rings. The molecule has 0 aromatic heterocycles. The van der Waals surface area contributed by atoms with E-state index in [0.717, 1.165) is 0 Å². The van der Waals surface area contributed by atoms with Crippen LogP contribution < -0.4 is 10.6 Å². The van der Waals surface area contributed by atoms with Gasteiger partial charge in [0.25, 0.3) is 5.69 Å². The Labute approximate surface area is 159 Å². The van der Waals surface area contributed by atoms with Crippen molar-refractivity contribution in [3.8, 4) is 0 Å². The number of nitrogens with one attached hydrogen (secondary N) is 2. The highest BCUT2D eigenvalue weighted by Gasteiger charge is 2.16. The molecule has 0 saturated heterocycles. The lowest BCUT2D eigenvalue weighted by atomic mass is 10.1. The average Bonchev–Trinajstić information content (AvgIpc) is 2.67. The predicted octanol–water partition coefficient (Wildman–Crippen LogP) is 3.12. The number of hydrogen-bond donors (Lipinski definition) is 2. The number of carbonyl (C=O) groups is 3. The highest BCUT2D eigenvalue weighted by molar-refractivity contribution is 6.03. The van der Waals surface area contributed by atoms with Crippen LogP contribution in [0.25, 0.3) is 0 Å². The van der Waals surface area contributed by atoms with Gasteiger partial charge in [-0.05, 0) is 30.7 Å². The standard InChI is InChI=1S/C18H17N3O7/c1-10-4-5-14(21(25)26)9-15(10)20-18(24)19-13-7-11(16(22)27-2)6-12(8-13)17(23)28-3/h4-9H,1-3H3,(H2,19,20,24). The fourth-order valence-electron chi connectivity index (χ4n) is 2.31. The van der Waals surface area contributed by atoms with E-state index in [0.29, 0.717) is 5.56 Å². The maximum Gasteiger partial charge on any atom is 0.337 e. The second kappa shape index (κ2) is 8.62. The van der Waals surface area contributed by atoms with Crippen LogP contribution >= 0.6 is 0 Å². The minimum Gasteiger partial charge on any atom is -0.465 e. The lowest BCUT2D eigenvalue weighted by Gasteiger charge is -2.12. The number of non-ortho nitro benzene ring substituents is 1. The van der Waals surface area contributed by atoms with Crippen molar-refractivity contribution in [3.63, 3.8) is 0 Å². The minimum atomic E-state index is -0.721. The van der Waals surface area contributed by atoms with E-state index in [1.54, 1.807) is 6.92 Å². The van der Waals surface area contributed by atoms with Crippen LogP contribution in [0.4, 0.5) is 21.9 Å². The van der Waals surface area contributed by atoms with Crippen LogP contribution in [0.5, 0.6) is 0 Å². The first kappa shape index (κ1) is 20.4. The maximum atomic E-state index is 12.3. The third kappa shape index (κ3) is 4.81. The van der Waals surface area contributed by atoms with Crippen molar-refractivity contribution < 1.29 is 28.8 Å². The second-order valence-corrected chi connectivity index (χ2v) is 5.62. The number of ether oxygens (including phenoxy) is 2. The van der Waals surface area contributed by atoms with Crippen molar-refractivity contribution in [2.75, 3.05) is 24.9 Å². The highest BCUT2D eigenvalue weighted by atomic mass is 16.6. The number of rotatable bonds is 5.